The van der Waals surface area contributed by atoms with E-state index in [1.54, 1.807) is 0 Å². The van der Waals surface area contributed by atoms with Crippen molar-refractivity contribution in [3.8, 4) is 33.4 Å². The molecular formula is C43H33N. The van der Waals surface area contributed by atoms with Crippen molar-refractivity contribution >= 4 is 27.8 Å². The summed E-state index contributed by atoms with van der Waals surface area (Å²) in [4.78, 5) is 2.37. The molecule has 0 spiro atoms. The molecule has 7 aromatic carbocycles. The molecule has 0 saturated heterocycles. The van der Waals surface area contributed by atoms with Crippen LogP contribution in [0.2, 0.25) is 0 Å². The summed E-state index contributed by atoms with van der Waals surface area (Å²) in [6, 6.07) is 59.6. The van der Waals surface area contributed by atoms with Crippen LogP contribution in [-0.4, -0.2) is 0 Å². The number of fused-ring (bicyclic) bond motifs is 4. The Labute approximate surface area is 259 Å². The highest BCUT2D eigenvalue weighted by Gasteiger charge is 2.35. The van der Waals surface area contributed by atoms with E-state index in [-0.39, 0.29) is 5.41 Å². The average molecular weight is 564 g/mol. The molecule has 1 nitrogen and oxygen atoms in total. The van der Waals surface area contributed by atoms with Gasteiger partial charge in [0.1, 0.15) is 0 Å². The molecule has 0 saturated carbocycles. The maximum Gasteiger partial charge on any atom is 0.0468 e. The van der Waals surface area contributed by atoms with E-state index in [4.69, 9.17) is 0 Å². The molecule has 7 aromatic rings. The van der Waals surface area contributed by atoms with Crippen molar-refractivity contribution in [3.63, 3.8) is 0 Å². The fraction of sp³-hybridized carbons (Fsp3) is 0.0698. The van der Waals surface area contributed by atoms with Crippen molar-refractivity contribution in [1.82, 2.24) is 0 Å². The molecule has 0 fully saturated rings. The van der Waals surface area contributed by atoms with Gasteiger partial charge < -0.3 is 4.90 Å². The summed E-state index contributed by atoms with van der Waals surface area (Å²) in [7, 11) is 0. The van der Waals surface area contributed by atoms with Crippen molar-refractivity contribution in [3.05, 3.63) is 175 Å². The van der Waals surface area contributed by atoms with Gasteiger partial charge in [-0.3, -0.25) is 0 Å². The number of hydrogen-bond acceptors (Lipinski definition) is 1. The Morgan fingerprint density at radius 2 is 0.864 bits per heavy atom. The SMILES string of the molecule is CC1(C)c2ccccc2-c2cc3cc(N(c4ccc(-c5ccccc5)cc4)c4ccc(-c5ccccc5)cc4)ccc3cc21. The van der Waals surface area contributed by atoms with Crippen molar-refractivity contribution in [2.24, 2.45) is 0 Å². The van der Waals surface area contributed by atoms with Crippen LogP contribution in [-0.2, 0) is 5.41 Å². The topological polar surface area (TPSA) is 3.24 Å². The molecule has 210 valence electrons. The monoisotopic (exact) mass is 563 g/mol. The van der Waals surface area contributed by atoms with Gasteiger partial charge in [0.05, 0.1) is 0 Å². The van der Waals surface area contributed by atoms with Gasteiger partial charge in [-0.25, -0.2) is 0 Å². The number of hydrogen-bond donors (Lipinski definition) is 0. The number of anilines is 3. The predicted octanol–water partition coefficient (Wildman–Crippen LogP) is 11.9. The zero-order valence-electron chi connectivity index (χ0n) is 25.0. The highest BCUT2D eigenvalue weighted by Crippen LogP contribution is 2.50. The molecule has 1 aliphatic rings. The lowest BCUT2D eigenvalue weighted by atomic mass is 9.82. The molecule has 0 radical (unpaired) electrons. The molecule has 0 unspecified atom stereocenters. The fourth-order valence-corrected chi connectivity index (χ4v) is 6.89. The van der Waals surface area contributed by atoms with Crippen molar-refractivity contribution in [2.75, 3.05) is 4.90 Å². The first-order chi connectivity index (χ1) is 21.6. The van der Waals surface area contributed by atoms with Gasteiger partial charge in [-0.15, -0.1) is 0 Å². The van der Waals surface area contributed by atoms with Gasteiger partial charge in [-0.1, -0.05) is 129 Å². The molecule has 44 heavy (non-hydrogen) atoms. The molecule has 0 aliphatic heterocycles. The summed E-state index contributed by atoms with van der Waals surface area (Å²) in [6.07, 6.45) is 0. The first-order valence-electron chi connectivity index (χ1n) is 15.4. The van der Waals surface area contributed by atoms with Gasteiger partial charge in [0.15, 0.2) is 0 Å². The van der Waals surface area contributed by atoms with Crippen LogP contribution < -0.4 is 4.90 Å². The smallest absolute Gasteiger partial charge is 0.0468 e. The molecule has 0 heterocycles. The molecule has 8 rings (SSSR count). The molecule has 0 bridgehead atoms. The lowest BCUT2D eigenvalue weighted by Crippen LogP contribution is -2.14. The Morgan fingerprint density at radius 1 is 0.364 bits per heavy atom. The third-order valence-corrected chi connectivity index (χ3v) is 9.25. The standard InChI is InChI=1S/C43H33N/c1-43(2)41-16-10-9-15-39(41)40-28-35-27-38(26-21-34(35)29-42(40)43)44(36-22-17-32(18-23-36)30-11-5-3-6-12-30)37-24-19-33(20-25-37)31-13-7-4-8-14-31/h3-29H,1-2H3. The lowest BCUT2D eigenvalue weighted by molar-refractivity contribution is 0.661. The Kier molecular flexibility index (Phi) is 6.20. The van der Waals surface area contributed by atoms with Gasteiger partial charge in [0.2, 0.25) is 0 Å². The zero-order chi connectivity index (χ0) is 29.7. The quantitative estimate of drug-likeness (QED) is 0.201. The van der Waals surface area contributed by atoms with Crippen LogP contribution in [0.25, 0.3) is 44.2 Å². The summed E-state index contributed by atoms with van der Waals surface area (Å²) in [5.74, 6) is 0. The minimum atomic E-state index is -0.00811. The largest absolute Gasteiger partial charge is 0.310 e. The first-order valence-corrected chi connectivity index (χ1v) is 15.4. The normalized spacial score (nSPS) is 13.0. The van der Waals surface area contributed by atoms with Crippen LogP contribution >= 0.6 is 0 Å². The first kappa shape index (κ1) is 26.2. The Hall–Kier alpha value is -5.40. The van der Waals surface area contributed by atoms with Crippen molar-refractivity contribution in [2.45, 2.75) is 19.3 Å². The highest BCUT2D eigenvalue weighted by atomic mass is 15.1. The summed E-state index contributed by atoms with van der Waals surface area (Å²) < 4.78 is 0. The van der Waals surface area contributed by atoms with Gasteiger partial charge >= 0.3 is 0 Å². The average Bonchev–Trinajstić information content (AvgIpc) is 3.31. The van der Waals surface area contributed by atoms with Crippen LogP contribution in [0, 0.1) is 0 Å². The van der Waals surface area contributed by atoms with Crippen LogP contribution in [0.5, 0.6) is 0 Å². The molecule has 1 heteroatoms. The van der Waals surface area contributed by atoms with Crippen LogP contribution in [0.4, 0.5) is 17.1 Å². The number of rotatable bonds is 5. The second-order valence-electron chi connectivity index (χ2n) is 12.3. The van der Waals surface area contributed by atoms with Crippen molar-refractivity contribution in [1.29, 1.82) is 0 Å². The molecule has 0 amide bonds. The highest BCUT2D eigenvalue weighted by molar-refractivity contribution is 5.96. The molecule has 0 aromatic heterocycles. The van der Waals surface area contributed by atoms with E-state index in [1.165, 1.54) is 55.3 Å². The van der Waals surface area contributed by atoms with Crippen LogP contribution in [0.15, 0.2) is 164 Å². The summed E-state index contributed by atoms with van der Waals surface area (Å²) in [6.45, 7) is 4.69. The van der Waals surface area contributed by atoms with Gasteiger partial charge in [-0.05, 0) is 104 Å². The van der Waals surface area contributed by atoms with E-state index in [0.717, 1.165) is 17.1 Å². The Balaban J connectivity index is 1.25. The second kappa shape index (κ2) is 10.4. The van der Waals surface area contributed by atoms with Gasteiger partial charge in [0, 0.05) is 22.5 Å². The Morgan fingerprint density at radius 3 is 1.45 bits per heavy atom. The number of nitrogens with zero attached hydrogens (tertiary/aromatic N) is 1. The van der Waals surface area contributed by atoms with E-state index in [2.05, 4.69) is 183 Å². The predicted molar refractivity (Wildman–Crippen MR) is 187 cm³/mol. The van der Waals surface area contributed by atoms with Crippen LogP contribution in [0.3, 0.4) is 0 Å². The van der Waals surface area contributed by atoms with Crippen molar-refractivity contribution < 1.29 is 0 Å². The summed E-state index contributed by atoms with van der Waals surface area (Å²) >= 11 is 0. The zero-order valence-corrected chi connectivity index (χ0v) is 25.0. The lowest BCUT2D eigenvalue weighted by Gasteiger charge is -2.26. The summed E-state index contributed by atoms with van der Waals surface area (Å²) in [5.41, 5.74) is 13.8. The third kappa shape index (κ3) is 4.41. The fourth-order valence-electron chi connectivity index (χ4n) is 6.89. The van der Waals surface area contributed by atoms with E-state index in [9.17, 15) is 0 Å². The molecule has 0 N–H and O–H groups in total. The molecular weight excluding hydrogens is 530 g/mol. The summed E-state index contributed by atoms with van der Waals surface area (Å²) in [5, 5.41) is 2.52. The van der Waals surface area contributed by atoms with Gasteiger partial charge in [0.25, 0.3) is 0 Å². The maximum atomic E-state index is 2.40. The molecule has 1 aliphatic carbocycles. The Bertz CT molecular complexity index is 2020. The number of benzene rings is 7. The van der Waals surface area contributed by atoms with E-state index in [1.807, 2.05) is 0 Å². The van der Waals surface area contributed by atoms with Gasteiger partial charge in [-0.2, -0.15) is 0 Å². The minimum Gasteiger partial charge on any atom is -0.310 e. The third-order valence-electron chi connectivity index (χ3n) is 9.25. The van der Waals surface area contributed by atoms with E-state index in [0.29, 0.717) is 0 Å². The second-order valence-corrected chi connectivity index (χ2v) is 12.3. The van der Waals surface area contributed by atoms with Crippen LogP contribution in [0.1, 0.15) is 25.0 Å². The molecule has 0 atom stereocenters. The van der Waals surface area contributed by atoms with E-state index >= 15 is 0 Å². The van der Waals surface area contributed by atoms with E-state index < -0.39 is 0 Å². The maximum absolute atomic E-state index is 2.40. The minimum absolute atomic E-state index is 0.00811.